The highest BCUT2D eigenvalue weighted by atomic mass is 35.5. The van der Waals surface area contributed by atoms with Crippen LogP contribution in [-0.4, -0.2) is 5.91 Å². The largest absolute Gasteiger partial charge is 0.469 e. The van der Waals surface area contributed by atoms with Crippen molar-refractivity contribution in [3.05, 3.63) is 88.8 Å². The lowest BCUT2D eigenvalue weighted by atomic mass is 10.1. The molecule has 0 aliphatic heterocycles. The second kappa shape index (κ2) is 7.30. The summed E-state index contributed by atoms with van der Waals surface area (Å²) >= 11 is 6.17. The van der Waals surface area contributed by atoms with Gasteiger partial charge < -0.3 is 9.32 Å². The zero-order chi connectivity index (χ0) is 18.8. The van der Waals surface area contributed by atoms with Crippen LogP contribution in [0.25, 0.3) is 0 Å². The average Bonchev–Trinajstić information content (AvgIpc) is 3.31. The Morgan fingerprint density at radius 1 is 1.19 bits per heavy atom. The topological polar surface area (TPSA) is 57.2 Å². The molecule has 1 fully saturated rings. The van der Waals surface area contributed by atoms with E-state index in [1.807, 2.05) is 42.5 Å². The van der Waals surface area contributed by atoms with Gasteiger partial charge in [0.25, 0.3) is 0 Å². The Morgan fingerprint density at radius 2 is 2.00 bits per heavy atom. The summed E-state index contributed by atoms with van der Waals surface area (Å²) < 4.78 is 5.46. The molecular weight excluding hydrogens is 360 g/mol. The first-order valence-electron chi connectivity index (χ1n) is 8.75. The van der Waals surface area contributed by atoms with Gasteiger partial charge in [0, 0.05) is 16.9 Å². The first kappa shape index (κ1) is 17.4. The maximum atomic E-state index is 13.3. The molecule has 27 heavy (non-hydrogen) atoms. The van der Waals surface area contributed by atoms with Crippen molar-refractivity contribution in [2.75, 3.05) is 4.90 Å². The van der Waals surface area contributed by atoms with Crippen molar-refractivity contribution < 1.29 is 9.21 Å². The first-order valence-corrected chi connectivity index (χ1v) is 9.13. The summed E-state index contributed by atoms with van der Waals surface area (Å²) in [6.07, 6.45) is 2.38. The third-order valence-corrected chi connectivity index (χ3v) is 5.07. The van der Waals surface area contributed by atoms with E-state index in [0.717, 1.165) is 17.7 Å². The number of carbonyl (C=O) groups is 1. The van der Waals surface area contributed by atoms with Gasteiger partial charge in [0.15, 0.2) is 0 Å². The van der Waals surface area contributed by atoms with E-state index in [2.05, 4.69) is 6.07 Å². The molecule has 2 aromatic carbocycles. The Morgan fingerprint density at radius 3 is 2.70 bits per heavy atom. The van der Waals surface area contributed by atoms with E-state index in [9.17, 15) is 10.1 Å². The van der Waals surface area contributed by atoms with Crippen molar-refractivity contribution in [3.63, 3.8) is 0 Å². The molecule has 0 saturated heterocycles. The zero-order valence-corrected chi connectivity index (χ0v) is 15.3. The van der Waals surface area contributed by atoms with Crippen LogP contribution >= 0.6 is 11.6 Å². The summed E-state index contributed by atoms with van der Waals surface area (Å²) in [7, 11) is 0. The molecule has 3 aromatic rings. The summed E-state index contributed by atoms with van der Waals surface area (Å²) in [6.45, 7) is 0.385. The van der Waals surface area contributed by atoms with E-state index in [0.29, 0.717) is 22.8 Å². The van der Waals surface area contributed by atoms with Gasteiger partial charge in [-0.15, -0.1) is 0 Å². The van der Waals surface area contributed by atoms with Gasteiger partial charge in [-0.3, -0.25) is 4.79 Å². The van der Waals surface area contributed by atoms with Gasteiger partial charge in [-0.2, -0.15) is 5.26 Å². The van der Waals surface area contributed by atoms with E-state index < -0.39 is 0 Å². The fraction of sp³-hybridized carbons (Fsp3) is 0.182. The van der Waals surface area contributed by atoms with E-state index >= 15 is 0 Å². The van der Waals surface area contributed by atoms with Crippen LogP contribution in [-0.2, 0) is 11.3 Å². The maximum Gasteiger partial charge on any atom is 0.231 e. The number of hydrogen-bond donors (Lipinski definition) is 0. The van der Waals surface area contributed by atoms with Gasteiger partial charge in [-0.25, -0.2) is 0 Å². The fourth-order valence-corrected chi connectivity index (χ4v) is 3.52. The highest BCUT2D eigenvalue weighted by molar-refractivity contribution is 6.31. The van der Waals surface area contributed by atoms with Gasteiger partial charge in [-0.1, -0.05) is 41.9 Å². The molecule has 134 valence electrons. The Balaban J connectivity index is 1.68. The Bertz CT molecular complexity index is 993. The van der Waals surface area contributed by atoms with Crippen LogP contribution < -0.4 is 4.90 Å². The third kappa shape index (κ3) is 3.60. The van der Waals surface area contributed by atoms with Gasteiger partial charge in [-0.05, 0) is 42.3 Å². The van der Waals surface area contributed by atoms with Crippen LogP contribution in [0.15, 0.2) is 71.3 Å². The van der Waals surface area contributed by atoms with Crippen molar-refractivity contribution in [2.45, 2.75) is 18.9 Å². The van der Waals surface area contributed by atoms with Gasteiger partial charge in [0.1, 0.15) is 11.8 Å². The second-order valence-corrected chi connectivity index (χ2v) is 7.08. The number of nitrogens with zero attached hydrogens (tertiary/aromatic N) is 2. The first-order chi connectivity index (χ1) is 13.2. The van der Waals surface area contributed by atoms with Crippen molar-refractivity contribution in [1.29, 1.82) is 5.26 Å². The predicted molar refractivity (Wildman–Crippen MR) is 103 cm³/mol. The third-order valence-electron chi connectivity index (χ3n) is 4.84. The molecule has 5 heteroatoms. The monoisotopic (exact) mass is 376 g/mol. The van der Waals surface area contributed by atoms with Crippen LogP contribution in [0.1, 0.15) is 29.2 Å². The summed E-state index contributed by atoms with van der Waals surface area (Å²) in [5.74, 6) is 0.763. The van der Waals surface area contributed by atoms with Crippen LogP contribution in [0.2, 0.25) is 5.02 Å². The number of anilines is 1. The van der Waals surface area contributed by atoms with Crippen molar-refractivity contribution in [1.82, 2.24) is 0 Å². The summed E-state index contributed by atoms with van der Waals surface area (Å²) in [5.41, 5.74) is 1.97. The molecule has 4 nitrogen and oxygen atoms in total. The molecule has 1 heterocycles. The lowest BCUT2D eigenvalue weighted by Gasteiger charge is -2.24. The summed E-state index contributed by atoms with van der Waals surface area (Å²) in [6, 6.07) is 20.6. The van der Waals surface area contributed by atoms with Crippen molar-refractivity contribution in [2.24, 2.45) is 5.92 Å². The predicted octanol–water partition coefficient (Wildman–Crippen LogP) is 5.14. The molecule has 1 amide bonds. The van der Waals surface area contributed by atoms with Crippen LogP contribution in [0.4, 0.5) is 5.69 Å². The minimum Gasteiger partial charge on any atom is -0.469 e. The minimum atomic E-state index is -0.148. The summed E-state index contributed by atoms with van der Waals surface area (Å²) in [4.78, 5) is 15.0. The molecule has 0 spiro atoms. The van der Waals surface area contributed by atoms with E-state index in [-0.39, 0.29) is 17.7 Å². The Labute approximate surface area is 162 Å². The van der Waals surface area contributed by atoms with E-state index in [4.69, 9.17) is 16.0 Å². The van der Waals surface area contributed by atoms with Gasteiger partial charge in [0.2, 0.25) is 5.91 Å². The van der Waals surface area contributed by atoms with E-state index in [1.54, 1.807) is 29.4 Å². The van der Waals surface area contributed by atoms with Crippen LogP contribution in [0, 0.1) is 17.2 Å². The fourth-order valence-electron chi connectivity index (χ4n) is 3.36. The highest BCUT2D eigenvalue weighted by Crippen LogP contribution is 2.49. The molecule has 2 atom stereocenters. The maximum absolute atomic E-state index is 13.3. The Kier molecular flexibility index (Phi) is 4.70. The van der Waals surface area contributed by atoms with Gasteiger partial charge >= 0.3 is 0 Å². The normalized spacial score (nSPS) is 17.9. The zero-order valence-electron chi connectivity index (χ0n) is 14.5. The molecule has 4 rings (SSSR count). The number of halogens is 1. The number of hydrogen-bond acceptors (Lipinski definition) is 3. The molecule has 0 N–H and O–H groups in total. The van der Waals surface area contributed by atoms with Crippen molar-refractivity contribution in [3.8, 4) is 6.07 Å². The second-order valence-electron chi connectivity index (χ2n) is 6.65. The van der Waals surface area contributed by atoms with Crippen LogP contribution in [0.5, 0.6) is 0 Å². The number of furan rings is 1. The average molecular weight is 377 g/mol. The number of benzene rings is 2. The number of carbonyl (C=O) groups excluding carboxylic acids is 1. The Hall–Kier alpha value is -3.03. The summed E-state index contributed by atoms with van der Waals surface area (Å²) in [5, 5.41) is 10.0. The number of rotatable bonds is 5. The number of amides is 1. The molecule has 1 aliphatic rings. The molecule has 2 unspecified atom stereocenters. The molecule has 0 radical (unpaired) electrons. The quantitative estimate of drug-likeness (QED) is 0.619. The standard InChI is InChI=1S/C22H17ClN2O2/c23-17-9-8-16(13-24)20(11-17)25(14-15-5-2-1-3-6-15)22(26)19-12-18(19)21-7-4-10-27-21/h1-11,18-19H,12,14H2. The van der Waals surface area contributed by atoms with Gasteiger partial charge in [0.05, 0.1) is 24.1 Å². The smallest absolute Gasteiger partial charge is 0.231 e. The molecule has 0 bridgehead atoms. The molecular formula is C22H17ClN2O2. The molecule has 1 aliphatic carbocycles. The van der Waals surface area contributed by atoms with Crippen molar-refractivity contribution >= 4 is 23.2 Å². The molecule has 1 aromatic heterocycles. The van der Waals surface area contributed by atoms with E-state index in [1.165, 1.54) is 0 Å². The van der Waals surface area contributed by atoms with Crippen LogP contribution in [0.3, 0.4) is 0 Å². The lowest BCUT2D eigenvalue weighted by Crippen LogP contribution is -2.32. The lowest BCUT2D eigenvalue weighted by molar-refractivity contribution is -0.120. The SMILES string of the molecule is N#Cc1ccc(Cl)cc1N(Cc1ccccc1)C(=O)C1CC1c1ccco1. The molecule has 1 saturated carbocycles. The number of nitriles is 1. The highest BCUT2D eigenvalue weighted by Gasteiger charge is 2.48. The minimum absolute atomic E-state index is 0.0148.